The van der Waals surface area contributed by atoms with Crippen molar-refractivity contribution in [3.05, 3.63) is 34.2 Å². The molecule has 0 spiro atoms. The molecule has 2 amide bonds. The fourth-order valence-electron chi connectivity index (χ4n) is 3.78. The van der Waals surface area contributed by atoms with E-state index in [4.69, 9.17) is 5.73 Å². The predicted octanol–water partition coefficient (Wildman–Crippen LogP) is 3.24. The number of carbonyl (C=O) groups excluding carboxylic acids is 2. The van der Waals surface area contributed by atoms with Gasteiger partial charge in [-0.15, -0.1) is 16.4 Å². The first kappa shape index (κ1) is 20.3. The summed E-state index contributed by atoms with van der Waals surface area (Å²) in [4.78, 5) is 30.2. The van der Waals surface area contributed by atoms with Crippen molar-refractivity contribution in [2.24, 2.45) is 0 Å². The summed E-state index contributed by atoms with van der Waals surface area (Å²) < 4.78 is 1.51. The molecule has 0 unspecified atom stereocenters. The number of rotatable bonds is 5. The summed E-state index contributed by atoms with van der Waals surface area (Å²) in [5, 5.41) is 12.1. The largest absolute Gasteiger partial charge is 0.366 e. The highest BCUT2D eigenvalue weighted by molar-refractivity contribution is 7.12. The third kappa shape index (κ3) is 4.30. The molecule has 3 heterocycles. The van der Waals surface area contributed by atoms with Crippen molar-refractivity contribution in [3.8, 4) is 11.1 Å². The lowest BCUT2D eigenvalue weighted by Crippen LogP contribution is -2.35. The van der Waals surface area contributed by atoms with Gasteiger partial charge in [-0.2, -0.15) is 4.98 Å². The Labute approximate surface area is 178 Å². The molecule has 1 aliphatic rings. The molecule has 4 N–H and O–H groups in total. The molecule has 158 valence electrons. The lowest BCUT2D eigenvalue weighted by Gasteiger charge is -2.22. The van der Waals surface area contributed by atoms with Gasteiger partial charge in [-0.05, 0) is 49.8 Å². The van der Waals surface area contributed by atoms with E-state index >= 15 is 0 Å². The van der Waals surface area contributed by atoms with Crippen LogP contribution in [0.5, 0.6) is 0 Å². The van der Waals surface area contributed by atoms with Crippen LogP contribution in [0.4, 0.5) is 5.95 Å². The Balaban J connectivity index is 1.63. The van der Waals surface area contributed by atoms with Gasteiger partial charge in [0.15, 0.2) is 5.65 Å². The van der Waals surface area contributed by atoms with Gasteiger partial charge in [-0.3, -0.25) is 9.59 Å². The minimum Gasteiger partial charge on any atom is -0.366 e. The van der Waals surface area contributed by atoms with Crippen molar-refractivity contribution in [1.82, 2.24) is 25.2 Å². The van der Waals surface area contributed by atoms with Crippen molar-refractivity contribution >= 4 is 34.7 Å². The monoisotopic (exact) mass is 426 g/mol. The number of aromatic nitrogens is 3. The Morgan fingerprint density at radius 2 is 1.93 bits per heavy atom. The molecule has 9 heteroatoms. The molecule has 4 rings (SSSR count). The molecular weight excluding hydrogens is 400 g/mol. The van der Waals surface area contributed by atoms with E-state index < -0.39 is 0 Å². The number of anilines is 1. The van der Waals surface area contributed by atoms with Crippen LogP contribution in [0.25, 0.3) is 16.8 Å². The van der Waals surface area contributed by atoms with E-state index in [9.17, 15) is 9.59 Å². The van der Waals surface area contributed by atoms with Crippen LogP contribution in [-0.2, 0) is 0 Å². The Morgan fingerprint density at radius 3 is 2.67 bits per heavy atom. The van der Waals surface area contributed by atoms with Crippen molar-refractivity contribution < 1.29 is 9.59 Å². The zero-order chi connectivity index (χ0) is 21.3. The second-order valence-electron chi connectivity index (χ2n) is 8.02. The van der Waals surface area contributed by atoms with Crippen LogP contribution in [0, 0.1) is 0 Å². The number of nitrogens with zero attached hydrogens (tertiary/aromatic N) is 3. The molecule has 0 aliphatic heterocycles. The molecule has 1 saturated carbocycles. The number of carbonyl (C=O) groups is 2. The Bertz CT molecular complexity index is 1080. The Kier molecular flexibility index (Phi) is 5.72. The summed E-state index contributed by atoms with van der Waals surface area (Å²) in [5.74, 6) is -0.180. The van der Waals surface area contributed by atoms with E-state index in [-0.39, 0.29) is 29.8 Å². The number of thiophene rings is 1. The average Bonchev–Trinajstić information content (AvgIpc) is 3.33. The summed E-state index contributed by atoms with van der Waals surface area (Å²) in [6.07, 6.45) is 7.45. The van der Waals surface area contributed by atoms with Gasteiger partial charge in [-0.1, -0.05) is 19.3 Å². The van der Waals surface area contributed by atoms with Crippen LogP contribution in [0.3, 0.4) is 0 Å². The van der Waals surface area contributed by atoms with Gasteiger partial charge in [0.2, 0.25) is 5.95 Å². The quantitative estimate of drug-likeness (QED) is 0.579. The highest BCUT2D eigenvalue weighted by Gasteiger charge is 2.20. The summed E-state index contributed by atoms with van der Waals surface area (Å²) in [6, 6.07) is 3.87. The van der Waals surface area contributed by atoms with Crippen LogP contribution >= 0.6 is 11.3 Å². The molecule has 8 nitrogen and oxygen atoms in total. The molecule has 0 bridgehead atoms. The molecule has 0 aromatic carbocycles. The molecule has 3 aromatic heterocycles. The minimum absolute atomic E-state index is 0.0160. The van der Waals surface area contributed by atoms with Gasteiger partial charge in [0, 0.05) is 23.8 Å². The second kappa shape index (κ2) is 8.43. The molecule has 0 saturated heterocycles. The Hall–Kier alpha value is -2.94. The van der Waals surface area contributed by atoms with Crippen molar-refractivity contribution in [3.63, 3.8) is 0 Å². The topological polar surface area (TPSA) is 114 Å². The normalized spacial score (nSPS) is 14.9. The third-order valence-electron chi connectivity index (χ3n) is 5.21. The summed E-state index contributed by atoms with van der Waals surface area (Å²) in [7, 11) is 0. The van der Waals surface area contributed by atoms with E-state index in [0.29, 0.717) is 16.1 Å². The molecule has 1 fully saturated rings. The van der Waals surface area contributed by atoms with Crippen LogP contribution in [0.1, 0.15) is 66.0 Å². The first-order valence-corrected chi connectivity index (χ1v) is 11.1. The maximum atomic E-state index is 12.7. The highest BCUT2D eigenvalue weighted by Crippen LogP contribution is 2.28. The van der Waals surface area contributed by atoms with Crippen molar-refractivity contribution in [2.45, 2.75) is 58.0 Å². The fourth-order valence-corrected chi connectivity index (χ4v) is 4.60. The van der Waals surface area contributed by atoms with E-state index in [0.717, 1.165) is 24.0 Å². The van der Waals surface area contributed by atoms with Crippen molar-refractivity contribution in [1.29, 1.82) is 0 Å². The maximum absolute atomic E-state index is 12.7. The fraction of sp³-hybridized carbons (Fsp3) is 0.429. The number of nitrogen functional groups attached to an aromatic ring is 1. The van der Waals surface area contributed by atoms with E-state index in [1.165, 1.54) is 35.1 Å². The zero-order valence-corrected chi connectivity index (χ0v) is 18.0. The van der Waals surface area contributed by atoms with Crippen LogP contribution in [0.15, 0.2) is 23.7 Å². The van der Waals surface area contributed by atoms with E-state index in [1.54, 1.807) is 12.3 Å². The number of nitrogens with one attached hydrogen (secondary N) is 2. The molecule has 0 atom stereocenters. The summed E-state index contributed by atoms with van der Waals surface area (Å²) >= 11 is 1.39. The van der Waals surface area contributed by atoms with Gasteiger partial charge in [0.1, 0.15) is 0 Å². The number of hydrogen-bond acceptors (Lipinski definition) is 6. The number of fused-ring (bicyclic) bond motifs is 1. The van der Waals surface area contributed by atoms with Gasteiger partial charge in [0.25, 0.3) is 11.8 Å². The molecule has 1 aliphatic carbocycles. The molecule has 3 aromatic rings. The number of amides is 2. The van der Waals surface area contributed by atoms with Crippen LogP contribution in [-0.4, -0.2) is 38.5 Å². The zero-order valence-electron chi connectivity index (χ0n) is 17.1. The van der Waals surface area contributed by atoms with Crippen LogP contribution < -0.4 is 16.4 Å². The molecular formula is C21H26N6O2S. The highest BCUT2D eigenvalue weighted by atomic mass is 32.1. The molecule has 30 heavy (non-hydrogen) atoms. The first-order valence-electron chi connectivity index (χ1n) is 10.3. The number of pyridine rings is 1. The van der Waals surface area contributed by atoms with Gasteiger partial charge >= 0.3 is 0 Å². The predicted molar refractivity (Wildman–Crippen MR) is 118 cm³/mol. The average molecular weight is 427 g/mol. The van der Waals surface area contributed by atoms with Gasteiger partial charge < -0.3 is 16.4 Å². The first-order chi connectivity index (χ1) is 14.4. The molecule has 0 radical (unpaired) electrons. The van der Waals surface area contributed by atoms with E-state index in [2.05, 4.69) is 20.7 Å². The van der Waals surface area contributed by atoms with Gasteiger partial charge in [-0.25, -0.2) is 4.52 Å². The minimum atomic E-state index is -0.241. The lowest BCUT2D eigenvalue weighted by atomic mass is 9.95. The standard InChI is InChI=1S/C21H26N6O2S/c1-12(2)23-19(28)16-8-13(10-27-18(16)25-21(22)26-27)14-9-17(30-11-14)20(29)24-15-6-4-3-5-7-15/h8-12,15H,3-7H2,1-2H3,(H2,22,26)(H,23,28)(H,24,29). The smallest absolute Gasteiger partial charge is 0.261 e. The third-order valence-corrected chi connectivity index (χ3v) is 6.14. The van der Waals surface area contributed by atoms with Crippen LogP contribution in [0.2, 0.25) is 0 Å². The number of hydrogen-bond donors (Lipinski definition) is 3. The second-order valence-corrected chi connectivity index (χ2v) is 8.93. The SMILES string of the molecule is CC(C)NC(=O)c1cc(-c2csc(C(=O)NC3CCCCC3)c2)cn2nc(N)nc12. The summed E-state index contributed by atoms with van der Waals surface area (Å²) in [5.41, 5.74) is 8.18. The summed E-state index contributed by atoms with van der Waals surface area (Å²) in [6.45, 7) is 3.79. The number of nitrogens with two attached hydrogens (primary N) is 1. The lowest BCUT2D eigenvalue weighted by molar-refractivity contribution is 0.0927. The van der Waals surface area contributed by atoms with Crippen molar-refractivity contribution in [2.75, 3.05) is 5.73 Å². The Morgan fingerprint density at radius 1 is 1.17 bits per heavy atom. The van der Waals surface area contributed by atoms with Gasteiger partial charge in [0.05, 0.1) is 10.4 Å². The van der Waals surface area contributed by atoms with E-state index in [1.807, 2.05) is 25.3 Å². The maximum Gasteiger partial charge on any atom is 0.261 e.